The minimum Gasteiger partial charge on any atom is -0.261 e. The average Bonchev–Trinajstić information content (AvgIpc) is 2.23. The van der Waals surface area contributed by atoms with Crippen LogP contribution in [0.1, 0.15) is 30.5 Å². The van der Waals surface area contributed by atoms with Gasteiger partial charge in [-0.1, -0.05) is 46.4 Å². The van der Waals surface area contributed by atoms with E-state index in [1.807, 2.05) is 13.1 Å². The van der Waals surface area contributed by atoms with Gasteiger partial charge < -0.3 is 0 Å². The predicted molar refractivity (Wildman–Crippen MR) is 73.9 cm³/mol. The third-order valence-corrected chi connectivity index (χ3v) is 3.51. The summed E-state index contributed by atoms with van der Waals surface area (Å²) in [6.07, 6.45) is 4.18. The minimum absolute atomic E-state index is 0.0430. The monoisotopic (exact) mass is 311 g/mol. The molecule has 2 heteroatoms. The van der Waals surface area contributed by atoms with Crippen molar-refractivity contribution in [1.29, 1.82) is 0 Å². The molecule has 2 rings (SSSR count). The molecule has 0 amide bonds. The van der Waals surface area contributed by atoms with Gasteiger partial charge >= 0.3 is 0 Å². The lowest BCUT2D eigenvalue weighted by Gasteiger charge is -2.20. The number of aryl methyl sites for hydroxylation is 1. The molecule has 0 aromatic heterocycles. The zero-order valence-corrected chi connectivity index (χ0v) is 11.4. The van der Waals surface area contributed by atoms with Gasteiger partial charge in [-0.3, -0.25) is 4.99 Å². The zero-order valence-electron chi connectivity index (χ0n) is 9.21. The lowest BCUT2D eigenvalue weighted by Crippen LogP contribution is -2.11. The smallest absolute Gasteiger partial charge is 0.0648 e. The van der Waals surface area contributed by atoms with Crippen molar-refractivity contribution in [1.82, 2.24) is 0 Å². The topological polar surface area (TPSA) is 12.4 Å². The molecule has 0 radical (unpaired) electrons. The summed E-state index contributed by atoms with van der Waals surface area (Å²) in [7, 11) is 0. The van der Waals surface area contributed by atoms with E-state index in [1.165, 1.54) is 16.7 Å². The second-order valence-corrected chi connectivity index (χ2v) is 6.45. The van der Waals surface area contributed by atoms with Crippen LogP contribution in [0.2, 0.25) is 0 Å². The number of nitrogens with zero attached hydrogens (tertiary/aromatic N) is 1. The second-order valence-electron chi connectivity index (χ2n) is 4.21. The molecule has 0 aliphatic carbocycles. The van der Waals surface area contributed by atoms with Gasteiger partial charge in [0.05, 0.1) is 3.42 Å². The molecule has 0 saturated heterocycles. The van der Waals surface area contributed by atoms with Crippen LogP contribution in [0.25, 0.3) is 0 Å². The molecule has 1 aromatic rings. The highest BCUT2D eigenvalue weighted by molar-refractivity contribution is 14.1. The Kier molecular flexibility index (Phi) is 2.71. The van der Waals surface area contributed by atoms with Crippen LogP contribution in [0.4, 0.5) is 0 Å². The fourth-order valence-corrected chi connectivity index (χ4v) is 2.85. The number of halogens is 1. The largest absolute Gasteiger partial charge is 0.261 e. The summed E-state index contributed by atoms with van der Waals surface area (Å²) < 4.78 is 0.0430. The standard InChI is InChI=1S/C13H14IN/c1-9-4-5-12-11(6-9)8-15-10(2)7-13(12,3)14/h4-8H,1-3H3. The lowest BCUT2D eigenvalue weighted by molar-refractivity contribution is 0.913. The highest BCUT2D eigenvalue weighted by Gasteiger charge is 2.24. The number of alkyl halides is 1. The normalized spacial score (nSPS) is 24.4. The van der Waals surface area contributed by atoms with E-state index >= 15 is 0 Å². The molecule has 0 spiro atoms. The Hall–Kier alpha value is -0.640. The van der Waals surface area contributed by atoms with Crippen molar-refractivity contribution in [2.24, 2.45) is 4.99 Å². The first-order valence-corrected chi connectivity index (χ1v) is 6.10. The molecule has 78 valence electrons. The Morgan fingerprint density at radius 1 is 1.27 bits per heavy atom. The van der Waals surface area contributed by atoms with Gasteiger partial charge in [0.15, 0.2) is 0 Å². The summed E-state index contributed by atoms with van der Waals surface area (Å²) in [6.45, 7) is 6.38. The Balaban J connectivity index is 2.66. The van der Waals surface area contributed by atoms with Gasteiger partial charge in [-0.05, 0) is 38.0 Å². The molecule has 0 bridgehead atoms. The molecule has 1 unspecified atom stereocenters. The molecule has 0 N–H and O–H groups in total. The van der Waals surface area contributed by atoms with E-state index in [1.54, 1.807) is 0 Å². The molecule has 1 nitrogen and oxygen atoms in total. The fourth-order valence-electron chi connectivity index (χ4n) is 1.91. The van der Waals surface area contributed by atoms with E-state index in [4.69, 9.17) is 0 Å². The van der Waals surface area contributed by atoms with Crippen LogP contribution >= 0.6 is 22.6 Å². The van der Waals surface area contributed by atoms with Crippen LogP contribution in [0.3, 0.4) is 0 Å². The molecule has 1 aliphatic heterocycles. The maximum Gasteiger partial charge on any atom is 0.0648 e. The molecule has 15 heavy (non-hydrogen) atoms. The summed E-state index contributed by atoms with van der Waals surface area (Å²) in [5.74, 6) is 0. The summed E-state index contributed by atoms with van der Waals surface area (Å²) in [6, 6.07) is 6.57. The van der Waals surface area contributed by atoms with E-state index in [0.717, 1.165) is 5.70 Å². The molecule has 0 saturated carbocycles. The summed E-state index contributed by atoms with van der Waals surface area (Å²) in [4.78, 5) is 4.43. The van der Waals surface area contributed by atoms with Crippen molar-refractivity contribution in [3.8, 4) is 0 Å². The maximum absolute atomic E-state index is 4.43. The van der Waals surface area contributed by atoms with Gasteiger partial charge in [0.1, 0.15) is 0 Å². The number of allylic oxidation sites excluding steroid dienone is 2. The molecule has 1 aromatic carbocycles. The summed E-state index contributed by atoms with van der Waals surface area (Å²) >= 11 is 2.48. The second kappa shape index (κ2) is 3.74. The third-order valence-electron chi connectivity index (χ3n) is 2.62. The van der Waals surface area contributed by atoms with Crippen LogP contribution in [0.15, 0.2) is 35.0 Å². The molecule has 1 atom stereocenters. The number of aliphatic imine (C=N–C) groups is 1. The summed E-state index contributed by atoms with van der Waals surface area (Å²) in [5.41, 5.74) is 4.95. The van der Waals surface area contributed by atoms with Gasteiger partial charge in [-0.15, -0.1) is 0 Å². The number of benzene rings is 1. The van der Waals surface area contributed by atoms with E-state index in [2.05, 4.69) is 65.7 Å². The Labute approximate surface area is 104 Å². The first-order valence-electron chi connectivity index (χ1n) is 5.02. The molecular formula is C13H14IN. The van der Waals surface area contributed by atoms with Crippen LogP contribution < -0.4 is 0 Å². The number of fused-ring (bicyclic) bond motifs is 1. The Morgan fingerprint density at radius 2 is 2.00 bits per heavy atom. The summed E-state index contributed by atoms with van der Waals surface area (Å²) in [5, 5.41) is 0. The highest BCUT2D eigenvalue weighted by Crippen LogP contribution is 2.37. The van der Waals surface area contributed by atoms with Crippen molar-refractivity contribution in [2.45, 2.75) is 24.2 Å². The Bertz CT molecular complexity index is 456. The first-order chi connectivity index (χ1) is 6.99. The van der Waals surface area contributed by atoms with Crippen molar-refractivity contribution in [3.05, 3.63) is 46.7 Å². The number of rotatable bonds is 0. The SMILES string of the molecule is CC1=CC(C)(I)c2ccc(C)cc2C=N1. The van der Waals surface area contributed by atoms with Gasteiger partial charge in [-0.25, -0.2) is 0 Å². The predicted octanol–water partition coefficient (Wildman–Crippen LogP) is 3.98. The third kappa shape index (κ3) is 2.14. The van der Waals surface area contributed by atoms with Crippen LogP contribution in [-0.2, 0) is 3.42 Å². The average molecular weight is 311 g/mol. The first kappa shape index (κ1) is 10.9. The molecular weight excluding hydrogens is 297 g/mol. The van der Waals surface area contributed by atoms with E-state index < -0.39 is 0 Å². The van der Waals surface area contributed by atoms with Crippen molar-refractivity contribution in [2.75, 3.05) is 0 Å². The fraction of sp³-hybridized carbons (Fsp3) is 0.308. The van der Waals surface area contributed by atoms with Crippen LogP contribution in [0, 0.1) is 6.92 Å². The van der Waals surface area contributed by atoms with Gasteiger partial charge in [0.2, 0.25) is 0 Å². The zero-order chi connectivity index (χ0) is 11.1. The Morgan fingerprint density at radius 3 is 2.73 bits per heavy atom. The molecule has 0 fully saturated rings. The van der Waals surface area contributed by atoms with E-state index in [-0.39, 0.29) is 3.42 Å². The van der Waals surface area contributed by atoms with Crippen LogP contribution in [0.5, 0.6) is 0 Å². The molecule has 1 heterocycles. The quantitative estimate of drug-likeness (QED) is 0.508. The van der Waals surface area contributed by atoms with E-state index in [0.29, 0.717) is 0 Å². The lowest BCUT2D eigenvalue weighted by atomic mass is 9.94. The number of hydrogen-bond acceptors (Lipinski definition) is 1. The highest BCUT2D eigenvalue weighted by atomic mass is 127. The number of hydrogen-bond donors (Lipinski definition) is 0. The van der Waals surface area contributed by atoms with E-state index in [9.17, 15) is 0 Å². The van der Waals surface area contributed by atoms with Gasteiger partial charge in [0, 0.05) is 11.9 Å². The molecule has 1 aliphatic rings. The minimum atomic E-state index is 0.0430. The van der Waals surface area contributed by atoms with Crippen molar-refractivity contribution < 1.29 is 0 Å². The van der Waals surface area contributed by atoms with Crippen molar-refractivity contribution in [3.63, 3.8) is 0 Å². The van der Waals surface area contributed by atoms with Gasteiger partial charge in [-0.2, -0.15) is 0 Å². The van der Waals surface area contributed by atoms with Gasteiger partial charge in [0.25, 0.3) is 0 Å². The van der Waals surface area contributed by atoms with Crippen LogP contribution in [-0.4, -0.2) is 6.21 Å². The maximum atomic E-state index is 4.43. The van der Waals surface area contributed by atoms with Crippen molar-refractivity contribution >= 4 is 28.8 Å².